The molecule has 7 heterocycles. The average molecular weight is 1840 g/mol. The van der Waals surface area contributed by atoms with Crippen molar-refractivity contribution < 1.29 is 207 Å². The summed E-state index contributed by atoms with van der Waals surface area (Å²) in [6.45, 7) is 10.6. The number of carbonyl (C=O) groups is 5. The molecule has 3 aliphatic heterocycles. The molecule has 0 saturated carbocycles. The molecule has 0 unspecified atom stereocenters. The van der Waals surface area contributed by atoms with E-state index in [2.05, 4.69) is 248 Å². The van der Waals surface area contributed by atoms with Gasteiger partial charge in [0.2, 0.25) is 41.8 Å². The smallest absolute Gasteiger partial charge is 0.565 e. The molecule has 12 aromatic rings. The van der Waals surface area contributed by atoms with Crippen LogP contribution in [0.3, 0.4) is 0 Å². The SMILES string of the molecule is CC(=O)O.CC(=O)O.CC1(C)c2cccc(P(c3ccccc3)c3ccccc3)c2Oc2c(P(c3ccccc3)c3ccccc3)cccc21.Cc1cnc(Nc2ccc3c(c2)CCC(=O)N3)nc1Cl.Cc1cnc(Nc2ccc3c(c2)CCC(=O)N3)nc1Nc1ncn[nH]1.Nc1ncn[nH]1.O=C([O-])O.[Cs+].[Cs+].[Pd]. The molecule has 0 bridgehead atoms. The van der Waals surface area contributed by atoms with Crippen LogP contribution in [-0.4, -0.2) is 95.5 Å². The second-order valence-electron chi connectivity index (χ2n) is 23.7. The van der Waals surface area contributed by atoms with Gasteiger partial charge in [-0.25, -0.2) is 30.1 Å². The summed E-state index contributed by atoms with van der Waals surface area (Å²) in [6.07, 6.45) is 6.59. The fraction of sp³-hybridized carbons (Fsp3) is 0.145. The molecule has 3 aliphatic rings. The van der Waals surface area contributed by atoms with Crippen molar-refractivity contribution in [1.29, 1.82) is 0 Å². The van der Waals surface area contributed by atoms with Gasteiger partial charge in [0.15, 0.2) is 0 Å². The molecule has 15 rings (SSSR count). The predicted molar refractivity (Wildman–Crippen MR) is 410 cm³/mol. The van der Waals surface area contributed by atoms with Gasteiger partial charge in [0.25, 0.3) is 11.9 Å². The van der Waals surface area contributed by atoms with E-state index in [9.17, 15) is 9.59 Å². The van der Waals surface area contributed by atoms with Crippen molar-refractivity contribution >= 4 is 142 Å². The first-order valence-electron chi connectivity index (χ1n) is 32.5. The van der Waals surface area contributed by atoms with Gasteiger partial charge in [-0.05, 0) is 111 Å². The summed E-state index contributed by atoms with van der Waals surface area (Å²) in [5, 5.41) is 65.9. The number of aliphatic carboxylic acids is 2. The van der Waals surface area contributed by atoms with Crippen molar-refractivity contribution in [2.45, 2.75) is 72.6 Å². The van der Waals surface area contributed by atoms with Gasteiger partial charge < -0.3 is 62.3 Å². The summed E-state index contributed by atoms with van der Waals surface area (Å²) in [7, 11) is -1.65. The second kappa shape index (κ2) is 44.2. The number of aromatic nitrogens is 10. The van der Waals surface area contributed by atoms with Crippen LogP contribution in [0.15, 0.2) is 219 Å². The van der Waals surface area contributed by atoms with Gasteiger partial charge in [-0.3, -0.25) is 19.2 Å². The zero-order valence-electron chi connectivity index (χ0n) is 60.1. The number of carboxylic acid groups (broad SMARTS) is 4. The van der Waals surface area contributed by atoms with Crippen LogP contribution in [-0.2, 0) is 57.9 Å². The maximum absolute atomic E-state index is 11.4. The molecule has 0 spiro atoms. The number of carboxylic acids is 2. The standard InChI is InChI=1S/C39H32OP2.C16H16N8O.C14H13ClN4O.C2H4N4.2C2H4O2.CH2O3.2Cs.Pd/c1-39(2)33-25-15-27-35(41(29-17-7-3-8-18-29)30-19-9-4-10-20-30)37(33)40-38-34(39)26-16-28-36(38)42(31-21-11-5-12-22-31)32-23-13-6-14-24-32;1-9-7-17-15(22-14(9)23-16-18-8-19-24-16)20-11-3-4-12-10(6-11)2-5-13(25)21-12;1-8-7-16-14(19-13(8)15)17-10-3-4-11-9(6-10)2-5-12(20)18-11;3-2-4-1-5-6-2;2*1-2(3)4;2-1(3)4;;;/h3-28H,1-2H3;3-4,6-8H,2,5H2,1H3,(H,21,25)(H3,17,18,19,20,22,23,24);3-4,6-7H,2,5H2,1H3,(H,18,20)(H,16,17,19);1H,(H3,3,4,5,6);2*1H3,(H,3,4);(H2,2,3,4);;;/q;;;;;;;2*+1;/p-1. The number of hydrogen-bond donors (Lipinski definition) is 11. The third-order valence-corrected chi connectivity index (χ3v) is 20.9. The first-order chi connectivity index (χ1) is 50.5. The molecular formula is C76H74ClCs2N16O10P2Pd+. The quantitative estimate of drug-likeness (QED) is 0.0412. The van der Waals surface area contributed by atoms with Crippen molar-refractivity contribution in [3.8, 4) is 11.5 Å². The van der Waals surface area contributed by atoms with E-state index in [-0.39, 0.29) is 175 Å². The van der Waals surface area contributed by atoms with Gasteiger partial charge >= 0.3 is 138 Å². The van der Waals surface area contributed by atoms with E-state index in [0.717, 1.165) is 83.2 Å². The number of fused-ring (bicyclic) bond motifs is 4. The number of ether oxygens (including phenoxy) is 1. The minimum absolute atomic E-state index is 0. The van der Waals surface area contributed by atoms with Crippen LogP contribution in [0.2, 0.25) is 5.15 Å². The summed E-state index contributed by atoms with van der Waals surface area (Å²) >= 11 is 5.97. The van der Waals surface area contributed by atoms with Crippen molar-refractivity contribution in [1.82, 2.24) is 50.3 Å². The maximum atomic E-state index is 11.4. The molecule has 32 heteroatoms. The van der Waals surface area contributed by atoms with Crippen LogP contribution in [0.25, 0.3) is 0 Å². The number of para-hydroxylation sites is 2. The number of halogens is 1. The summed E-state index contributed by atoms with van der Waals surface area (Å²) in [5.74, 6) is 2.90. The monoisotopic (exact) mass is 1840 g/mol. The fourth-order valence-corrected chi connectivity index (χ4v) is 15.8. The van der Waals surface area contributed by atoms with Crippen LogP contribution in [0, 0.1) is 13.8 Å². The minimum atomic E-state index is -2.08. The Bertz CT molecular complexity index is 4690. The summed E-state index contributed by atoms with van der Waals surface area (Å²) in [5.41, 5.74) is 14.7. The number of nitrogen functional groups attached to an aromatic ring is 1. The van der Waals surface area contributed by atoms with E-state index in [1.807, 2.05) is 50.2 Å². The number of aryl methyl sites for hydroxylation is 4. The zero-order chi connectivity index (χ0) is 75.0. The van der Waals surface area contributed by atoms with Gasteiger partial charge in [-0.15, -0.1) is 0 Å². The van der Waals surface area contributed by atoms with Gasteiger partial charge in [0.1, 0.15) is 35.1 Å². The van der Waals surface area contributed by atoms with E-state index in [0.29, 0.717) is 47.6 Å². The number of amides is 2. The molecule has 8 aromatic carbocycles. The molecule has 0 saturated heterocycles. The predicted octanol–water partition coefficient (Wildman–Crippen LogP) is 5.44. The Morgan fingerprint density at radius 3 is 1.29 bits per heavy atom. The maximum Gasteiger partial charge on any atom is 1.00 e. The Balaban J connectivity index is 0.000000236. The summed E-state index contributed by atoms with van der Waals surface area (Å²) in [6, 6.07) is 68.7. The first kappa shape index (κ1) is 89.2. The summed E-state index contributed by atoms with van der Waals surface area (Å²) < 4.78 is 7.26. The van der Waals surface area contributed by atoms with Crippen molar-refractivity contribution in [2.24, 2.45) is 0 Å². The molecular weight excluding hydrogens is 1770 g/mol. The van der Waals surface area contributed by atoms with E-state index < -0.39 is 33.9 Å². The molecule has 0 fully saturated rings. The summed E-state index contributed by atoms with van der Waals surface area (Å²) in [4.78, 5) is 73.9. The van der Waals surface area contributed by atoms with Crippen LogP contribution in [0.4, 0.5) is 57.2 Å². The third kappa shape index (κ3) is 26.2. The molecule has 26 nitrogen and oxygen atoms in total. The van der Waals surface area contributed by atoms with Crippen LogP contribution in [0.5, 0.6) is 11.5 Å². The van der Waals surface area contributed by atoms with Gasteiger partial charge in [0, 0.05) is 121 Å². The van der Waals surface area contributed by atoms with E-state index >= 15 is 0 Å². The zero-order valence-corrected chi connectivity index (χ0v) is 76.7. The third-order valence-electron chi connectivity index (χ3n) is 15.6. The van der Waals surface area contributed by atoms with Crippen molar-refractivity contribution in [3.05, 3.63) is 258 Å². The van der Waals surface area contributed by atoms with E-state index in [1.165, 1.54) is 55.6 Å². The molecule has 108 heavy (non-hydrogen) atoms. The average Bonchev–Trinajstić information content (AvgIpc) is 0.755. The molecule has 2 amide bonds. The number of rotatable bonds is 12. The Kier molecular flexibility index (Phi) is 36.5. The van der Waals surface area contributed by atoms with Crippen LogP contribution in [0.1, 0.15) is 73.9 Å². The van der Waals surface area contributed by atoms with Crippen LogP contribution >= 0.6 is 27.4 Å². The topological polar surface area (TPSA) is 399 Å². The second-order valence-corrected chi connectivity index (χ2v) is 28.4. The van der Waals surface area contributed by atoms with Crippen LogP contribution < -0.4 is 212 Å². The molecule has 546 valence electrons. The van der Waals surface area contributed by atoms with E-state index in [4.69, 9.17) is 56.9 Å². The molecule has 0 radical (unpaired) electrons. The number of hydrogen-bond acceptors (Lipinski definition) is 19. The largest absolute Gasteiger partial charge is 1.00 e. The Morgan fingerprint density at radius 1 is 0.537 bits per heavy atom. The number of nitrogens with one attached hydrogen (secondary N) is 7. The van der Waals surface area contributed by atoms with Crippen molar-refractivity contribution in [2.75, 3.05) is 32.3 Å². The molecule has 0 aliphatic carbocycles. The van der Waals surface area contributed by atoms with Gasteiger partial charge in [-0.1, -0.05) is 183 Å². The van der Waals surface area contributed by atoms with Crippen molar-refractivity contribution in [3.63, 3.8) is 0 Å². The number of aromatic amines is 2. The van der Waals surface area contributed by atoms with Gasteiger partial charge in [0.05, 0.1) is 0 Å². The Labute approximate surface area is 762 Å². The minimum Gasteiger partial charge on any atom is -0.565 e. The number of anilines is 9. The Hall–Kier alpha value is -7.73. The number of benzene rings is 8. The number of nitrogens with zero attached hydrogens (tertiary/aromatic N) is 8. The molecule has 4 aromatic heterocycles. The molecule has 12 N–H and O–H groups in total. The molecule has 0 atom stereocenters. The Morgan fingerprint density at radius 2 is 0.926 bits per heavy atom. The normalized spacial score (nSPS) is 11.9. The number of nitrogens with two attached hydrogens (primary N) is 1. The van der Waals surface area contributed by atoms with E-state index in [1.54, 1.807) is 12.4 Å². The number of H-pyrrole nitrogens is 2. The fourth-order valence-electron chi connectivity index (χ4n) is 10.9. The number of carbonyl (C=O) groups excluding carboxylic acids is 2. The van der Waals surface area contributed by atoms with Gasteiger partial charge in [-0.2, -0.15) is 20.2 Å². The first-order valence-corrected chi connectivity index (χ1v) is 35.6.